The highest BCUT2D eigenvalue weighted by Gasteiger charge is 2.11. The average molecular weight is 258 g/mol. The summed E-state index contributed by atoms with van der Waals surface area (Å²) in [5.41, 5.74) is 6.23. The van der Waals surface area contributed by atoms with E-state index in [1.165, 1.54) is 19.2 Å². The van der Waals surface area contributed by atoms with E-state index >= 15 is 0 Å². The first-order valence-electron chi connectivity index (χ1n) is 3.65. The molecule has 1 heterocycles. The molecule has 6 heteroatoms. The fraction of sp³-hybridized carbons (Fsp3) is 0.125. The molecule has 1 aromatic rings. The SMILES string of the molecule is COC(=O)c1ccc(N)c(C(=N)Br)n1. The molecule has 0 saturated heterocycles. The van der Waals surface area contributed by atoms with E-state index < -0.39 is 5.97 Å². The van der Waals surface area contributed by atoms with Gasteiger partial charge < -0.3 is 10.5 Å². The van der Waals surface area contributed by atoms with Crippen LogP contribution >= 0.6 is 15.9 Å². The summed E-state index contributed by atoms with van der Waals surface area (Å²) in [6.07, 6.45) is 0. The largest absolute Gasteiger partial charge is 0.464 e. The van der Waals surface area contributed by atoms with Crippen LogP contribution in [0.5, 0.6) is 0 Å². The lowest BCUT2D eigenvalue weighted by atomic mass is 10.2. The molecule has 0 atom stereocenters. The van der Waals surface area contributed by atoms with Crippen molar-refractivity contribution in [2.24, 2.45) is 0 Å². The Morgan fingerprint density at radius 2 is 2.29 bits per heavy atom. The monoisotopic (exact) mass is 257 g/mol. The van der Waals surface area contributed by atoms with Crippen molar-refractivity contribution in [1.29, 1.82) is 5.41 Å². The topological polar surface area (TPSA) is 89.1 Å². The Morgan fingerprint density at radius 1 is 1.64 bits per heavy atom. The van der Waals surface area contributed by atoms with Gasteiger partial charge in [-0.2, -0.15) is 0 Å². The number of hydrogen-bond donors (Lipinski definition) is 2. The standard InChI is InChI=1S/C8H8BrN3O2/c1-14-8(13)5-3-2-4(10)6(12-5)7(9)11/h2-3,11H,10H2,1H3. The Morgan fingerprint density at radius 3 is 2.79 bits per heavy atom. The summed E-state index contributed by atoms with van der Waals surface area (Å²) in [5.74, 6) is -0.556. The Hall–Kier alpha value is -1.43. The van der Waals surface area contributed by atoms with Crippen molar-refractivity contribution in [3.8, 4) is 0 Å². The minimum absolute atomic E-state index is 0.0285. The zero-order valence-electron chi connectivity index (χ0n) is 7.37. The van der Waals surface area contributed by atoms with Crippen LogP contribution in [0.4, 0.5) is 5.69 Å². The van der Waals surface area contributed by atoms with Crippen molar-refractivity contribution in [2.75, 3.05) is 12.8 Å². The van der Waals surface area contributed by atoms with Gasteiger partial charge in [-0.15, -0.1) is 0 Å². The highest BCUT2D eigenvalue weighted by Crippen LogP contribution is 2.13. The minimum Gasteiger partial charge on any atom is -0.464 e. The second-order valence-corrected chi connectivity index (χ2v) is 3.23. The van der Waals surface area contributed by atoms with Gasteiger partial charge in [0.05, 0.1) is 12.8 Å². The molecule has 14 heavy (non-hydrogen) atoms. The molecule has 74 valence electrons. The van der Waals surface area contributed by atoms with Gasteiger partial charge in [-0.1, -0.05) is 0 Å². The van der Waals surface area contributed by atoms with Gasteiger partial charge in [-0.25, -0.2) is 9.78 Å². The van der Waals surface area contributed by atoms with Crippen molar-refractivity contribution in [3.05, 3.63) is 23.5 Å². The number of pyridine rings is 1. The molecule has 0 aliphatic heterocycles. The number of nitrogen functional groups attached to an aromatic ring is 1. The number of aromatic nitrogens is 1. The number of nitrogens with one attached hydrogen (secondary N) is 1. The number of anilines is 1. The maximum Gasteiger partial charge on any atom is 0.356 e. The van der Waals surface area contributed by atoms with E-state index in [-0.39, 0.29) is 16.0 Å². The molecular weight excluding hydrogens is 250 g/mol. The van der Waals surface area contributed by atoms with Gasteiger partial charge in [-0.05, 0) is 28.1 Å². The van der Waals surface area contributed by atoms with Crippen molar-refractivity contribution in [1.82, 2.24) is 4.98 Å². The molecule has 0 spiro atoms. The van der Waals surface area contributed by atoms with Crippen LogP contribution in [0.25, 0.3) is 0 Å². The fourth-order valence-corrected chi connectivity index (χ4v) is 1.18. The number of nitrogens with two attached hydrogens (primary N) is 1. The van der Waals surface area contributed by atoms with E-state index in [1.807, 2.05) is 0 Å². The molecule has 0 amide bonds. The highest BCUT2D eigenvalue weighted by atomic mass is 79.9. The van der Waals surface area contributed by atoms with Gasteiger partial charge in [0.2, 0.25) is 0 Å². The summed E-state index contributed by atoms with van der Waals surface area (Å²) in [4.78, 5) is 15.0. The van der Waals surface area contributed by atoms with Crippen molar-refractivity contribution in [2.45, 2.75) is 0 Å². The first kappa shape index (κ1) is 10.6. The van der Waals surface area contributed by atoms with E-state index in [0.29, 0.717) is 5.69 Å². The van der Waals surface area contributed by atoms with Gasteiger partial charge in [0.1, 0.15) is 16.0 Å². The normalized spacial score (nSPS) is 9.57. The molecule has 5 nitrogen and oxygen atoms in total. The van der Waals surface area contributed by atoms with Gasteiger partial charge in [0.15, 0.2) is 0 Å². The zero-order chi connectivity index (χ0) is 10.7. The second kappa shape index (κ2) is 4.19. The van der Waals surface area contributed by atoms with Crippen LogP contribution in [0.1, 0.15) is 16.2 Å². The summed E-state index contributed by atoms with van der Waals surface area (Å²) in [6.45, 7) is 0. The lowest BCUT2D eigenvalue weighted by Gasteiger charge is -2.03. The second-order valence-electron chi connectivity index (χ2n) is 2.44. The third-order valence-electron chi connectivity index (χ3n) is 1.53. The zero-order valence-corrected chi connectivity index (χ0v) is 8.96. The molecule has 0 aliphatic rings. The van der Waals surface area contributed by atoms with E-state index in [9.17, 15) is 4.79 Å². The maximum atomic E-state index is 11.1. The van der Waals surface area contributed by atoms with Crippen LogP contribution in [0.2, 0.25) is 0 Å². The molecule has 0 aromatic carbocycles. The van der Waals surface area contributed by atoms with Gasteiger partial charge in [0.25, 0.3) is 0 Å². The molecule has 1 rings (SSSR count). The van der Waals surface area contributed by atoms with Crippen LogP contribution in [-0.2, 0) is 4.74 Å². The average Bonchev–Trinajstić information content (AvgIpc) is 2.17. The van der Waals surface area contributed by atoms with Gasteiger partial charge >= 0.3 is 5.97 Å². The minimum atomic E-state index is -0.556. The summed E-state index contributed by atoms with van der Waals surface area (Å²) in [7, 11) is 1.26. The first-order chi connectivity index (χ1) is 6.56. The Labute approximate surface area is 88.9 Å². The predicted octanol–water partition coefficient (Wildman–Crippen LogP) is 1.17. The number of esters is 1. The third kappa shape index (κ3) is 2.08. The van der Waals surface area contributed by atoms with Crippen LogP contribution in [0.15, 0.2) is 12.1 Å². The summed E-state index contributed by atoms with van der Waals surface area (Å²) in [5, 5.41) is 7.29. The molecule has 0 fully saturated rings. The van der Waals surface area contributed by atoms with E-state index in [2.05, 4.69) is 25.7 Å². The molecule has 0 saturated carbocycles. The van der Waals surface area contributed by atoms with Crippen LogP contribution < -0.4 is 5.73 Å². The third-order valence-corrected chi connectivity index (χ3v) is 1.90. The lowest BCUT2D eigenvalue weighted by molar-refractivity contribution is 0.0594. The molecule has 0 radical (unpaired) electrons. The summed E-state index contributed by atoms with van der Waals surface area (Å²) < 4.78 is 4.51. The summed E-state index contributed by atoms with van der Waals surface area (Å²) in [6, 6.07) is 2.95. The predicted molar refractivity (Wildman–Crippen MR) is 55.7 cm³/mol. The number of carbonyl (C=O) groups excluding carboxylic acids is 1. The highest BCUT2D eigenvalue weighted by molar-refractivity contribution is 9.18. The van der Waals surface area contributed by atoms with E-state index in [1.54, 1.807) is 0 Å². The van der Waals surface area contributed by atoms with Gasteiger partial charge in [0, 0.05) is 0 Å². The number of rotatable bonds is 2. The van der Waals surface area contributed by atoms with Gasteiger partial charge in [-0.3, -0.25) is 5.41 Å². The Balaban J connectivity index is 3.19. The number of ether oxygens (including phenoxy) is 1. The molecule has 0 bridgehead atoms. The number of carbonyl (C=O) groups is 1. The smallest absolute Gasteiger partial charge is 0.356 e. The Kier molecular flexibility index (Phi) is 3.19. The number of methoxy groups -OCH3 is 1. The molecule has 3 N–H and O–H groups in total. The first-order valence-corrected chi connectivity index (χ1v) is 4.45. The van der Waals surface area contributed by atoms with Crippen molar-refractivity contribution in [3.63, 3.8) is 0 Å². The molecule has 0 aliphatic carbocycles. The molecule has 0 unspecified atom stereocenters. The van der Waals surface area contributed by atoms with E-state index in [0.717, 1.165) is 0 Å². The quantitative estimate of drug-likeness (QED) is 0.615. The lowest BCUT2D eigenvalue weighted by Crippen LogP contribution is -2.09. The fourth-order valence-electron chi connectivity index (χ4n) is 0.864. The molecule has 1 aromatic heterocycles. The Bertz CT molecular complexity index is 392. The van der Waals surface area contributed by atoms with Crippen LogP contribution in [0.3, 0.4) is 0 Å². The van der Waals surface area contributed by atoms with Crippen LogP contribution in [-0.4, -0.2) is 22.7 Å². The van der Waals surface area contributed by atoms with Crippen LogP contribution in [0, 0.1) is 5.41 Å². The van der Waals surface area contributed by atoms with Crippen molar-refractivity contribution < 1.29 is 9.53 Å². The van der Waals surface area contributed by atoms with E-state index in [4.69, 9.17) is 11.1 Å². The molecular formula is C8H8BrN3O2. The maximum absolute atomic E-state index is 11.1. The number of hydrogen-bond acceptors (Lipinski definition) is 5. The number of nitrogens with zero attached hydrogens (tertiary/aromatic N) is 1. The van der Waals surface area contributed by atoms with Crippen molar-refractivity contribution >= 4 is 32.2 Å². The number of halogens is 1. The summed E-state index contributed by atoms with van der Waals surface area (Å²) >= 11 is 2.93.